The summed E-state index contributed by atoms with van der Waals surface area (Å²) in [4.78, 5) is 18.7. The summed E-state index contributed by atoms with van der Waals surface area (Å²) >= 11 is 0.761. The van der Waals surface area contributed by atoms with Gasteiger partial charge in [-0.1, -0.05) is 0 Å². The number of ether oxygens (including phenoxy) is 1. The molecule has 0 radical (unpaired) electrons. The van der Waals surface area contributed by atoms with Gasteiger partial charge >= 0.3 is 76.9 Å². The zero-order valence-electron chi connectivity index (χ0n) is 8.78. The quantitative estimate of drug-likeness (QED) is 0.536. The predicted molar refractivity (Wildman–Crippen MR) is 44.1 cm³/mol. The van der Waals surface area contributed by atoms with Crippen molar-refractivity contribution in [3.8, 4) is 0 Å². The number of hydrogen-bond acceptors (Lipinski definition) is 4. The fraction of sp³-hybridized carbons (Fsp3) is 0.875. The van der Waals surface area contributed by atoms with Crippen LogP contribution in [0.3, 0.4) is 0 Å². The first-order valence-corrected chi connectivity index (χ1v) is 8.23. The second kappa shape index (κ2) is 6.71. The standard InChI is InChI=1S/C6H11O3.C2H4O2.Hg/c1-5-8-6(2,3)4-7-9-5;1-2(3)4;/h5H,2,4H2,1,3H3;1H3,(H,3,4);/t5-,6+;;/m1../s1. The Morgan fingerprint density at radius 1 is 1.71 bits per heavy atom. The van der Waals surface area contributed by atoms with E-state index in [2.05, 4.69) is 6.92 Å². The first-order chi connectivity index (χ1) is 6.39. The van der Waals surface area contributed by atoms with E-state index < -0.39 is 5.97 Å². The van der Waals surface area contributed by atoms with Crippen molar-refractivity contribution in [1.29, 1.82) is 0 Å². The molecule has 1 aliphatic heterocycles. The van der Waals surface area contributed by atoms with Crippen LogP contribution in [0.4, 0.5) is 0 Å². The van der Waals surface area contributed by atoms with Crippen molar-refractivity contribution < 1.29 is 50.5 Å². The summed E-state index contributed by atoms with van der Waals surface area (Å²) in [6, 6.07) is 0. The normalized spacial score (nSPS) is 31.6. The molecule has 0 aliphatic carbocycles. The summed E-state index contributed by atoms with van der Waals surface area (Å²) in [5.41, 5.74) is -0.0687. The Labute approximate surface area is 99.6 Å². The van der Waals surface area contributed by atoms with Crippen molar-refractivity contribution >= 4 is 5.97 Å². The second-order valence-corrected chi connectivity index (χ2v) is 5.21. The SMILES string of the molecule is CC(=O)O.C[C@H]1OOC[C@@](C)([CH2][Hg])O1. The van der Waals surface area contributed by atoms with Gasteiger partial charge in [0.2, 0.25) is 0 Å². The van der Waals surface area contributed by atoms with Gasteiger partial charge in [0.25, 0.3) is 5.97 Å². The van der Waals surface area contributed by atoms with Gasteiger partial charge in [-0.25, -0.2) is 0 Å². The number of carboxylic acid groups (broad SMARTS) is 1. The van der Waals surface area contributed by atoms with Crippen molar-refractivity contribution in [2.45, 2.75) is 36.6 Å². The maximum atomic E-state index is 9.00. The van der Waals surface area contributed by atoms with Crippen LogP contribution in [-0.4, -0.2) is 29.6 Å². The molecule has 1 N–H and O–H groups in total. The van der Waals surface area contributed by atoms with Crippen LogP contribution >= 0.6 is 0 Å². The van der Waals surface area contributed by atoms with Crippen LogP contribution in [0.2, 0.25) is 3.93 Å². The molecule has 6 heteroatoms. The van der Waals surface area contributed by atoms with Gasteiger partial charge in [-0.05, 0) is 0 Å². The van der Waals surface area contributed by atoms with E-state index in [4.69, 9.17) is 24.4 Å². The van der Waals surface area contributed by atoms with E-state index in [0.29, 0.717) is 6.61 Å². The zero-order chi connectivity index (χ0) is 11.2. The molecular formula is C8H15HgO5. The summed E-state index contributed by atoms with van der Waals surface area (Å²) in [6.07, 6.45) is -0.206. The Bertz CT molecular complexity index is 183. The van der Waals surface area contributed by atoms with Crippen molar-refractivity contribution in [3.63, 3.8) is 0 Å². The number of carboxylic acids is 1. The van der Waals surface area contributed by atoms with E-state index in [1.807, 2.05) is 6.92 Å². The van der Waals surface area contributed by atoms with Gasteiger partial charge in [0.15, 0.2) is 0 Å². The van der Waals surface area contributed by atoms with Crippen LogP contribution < -0.4 is 0 Å². The summed E-state index contributed by atoms with van der Waals surface area (Å²) < 4.78 is 6.66. The third kappa shape index (κ3) is 6.70. The Morgan fingerprint density at radius 2 is 2.21 bits per heavy atom. The number of carbonyl (C=O) groups is 1. The Balaban J connectivity index is 0.000000364. The molecule has 0 aromatic carbocycles. The second-order valence-electron chi connectivity index (χ2n) is 3.26. The fourth-order valence-electron chi connectivity index (χ4n) is 0.840. The molecule has 0 amide bonds. The molecule has 0 bridgehead atoms. The molecule has 5 nitrogen and oxygen atoms in total. The van der Waals surface area contributed by atoms with Crippen molar-refractivity contribution in [1.82, 2.24) is 0 Å². The monoisotopic (exact) mass is 393 g/mol. The topological polar surface area (TPSA) is 65.0 Å². The molecule has 14 heavy (non-hydrogen) atoms. The summed E-state index contributed by atoms with van der Waals surface area (Å²) in [5, 5.41) is 7.42. The molecule has 2 atom stereocenters. The average Bonchev–Trinajstić information content (AvgIpc) is 2.03. The summed E-state index contributed by atoms with van der Waals surface area (Å²) in [5.74, 6) is -0.833. The minimum absolute atomic E-state index is 0.0687. The third-order valence-electron chi connectivity index (χ3n) is 1.55. The van der Waals surface area contributed by atoms with Crippen LogP contribution in [-0.2, 0) is 45.4 Å². The number of hydrogen-bond donors (Lipinski definition) is 1. The molecule has 1 heterocycles. The van der Waals surface area contributed by atoms with E-state index in [1.165, 1.54) is 0 Å². The van der Waals surface area contributed by atoms with Gasteiger partial charge in [-0.3, -0.25) is 4.79 Å². The zero-order valence-corrected chi connectivity index (χ0v) is 14.3. The Hall–Kier alpha value is 0.285. The molecule has 1 fully saturated rings. The van der Waals surface area contributed by atoms with E-state index in [1.54, 1.807) is 0 Å². The Morgan fingerprint density at radius 3 is 2.50 bits per heavy atom. The first kappa shape index (κ1) is 14.3. The molecule has 0 spiro atoms. The van der Waals surface area contributed by atoms with E-state index in [9.17, 15) is 0 Å². The van der Waals surface area contributed by atoms with E-state index >= 15 is 0 Å². The number of aliphatic carboxylic acids is 1. The van der Waals surface area contributed by atoms with Crippen molar-refractivity contribution in [2.75, 3.05) is 6.61 Å². The molecule has 79 valence electrons. The van der Waals surface area contributed by atoms with Gasteiger partial charge in [-0.2, -0.15) is 0 Å². The van der Waals surface area contributed by atoms with Crippen LogP contribution in [0.1, 0.15) is 20.8 Å². The van der Waals surface area contributed by atoms with Crippen LogP contribution in [0, 0.1) is 0 Å². The van der Waals surface area contributed by atoms with Gasteiger partial charge in [0.1, 0.15) is 0 Å². The van der Waals surface area contributed by atoms with E-state index in [0.717, 1.165) is 37.0 Å². The van der Waals surface area contributed by atoms with Crippen LogP contribution in [0.15, 0.2) is 0 Å². The fourth-order valence-corrected chi connectivity index (χ4v) is 1.86. The molecule has 1 aliphatic rings. The van der Waals surface area contributed by atoms with E-state index in [-0.39, 0.29) is 11.9 Å². The predicted octanol–water partition coefficient (Wildman–Crippen LogP) is 1.13. The molecule has 0 saturated carbocycles. The minimum atomic E-state index is -0.833. The van der Waals surface area contributed by atoms with Gasteiger partial charge in [-0.15, -0.1) is 0 Å². The molecule has 1 saturated heterocycles. The molecule has 0 aromatic rings. The molecule has 0 aromatic heterocycles. The third-order valence-corrected chi connectivity index (χ3v) is 5.66. The van der Waals surface area contributed by atoms with Gasteiger partial charge < -0.3 is 5.11 Å². The van der Waals surface area contributed by atoms with Gasteiger partial charge in [0, 0.05) is 6.92 Å². The summed E-state index contributed by atoms with van der Waals surface area (Å²) in [6.45, 7) is 5.57. The van der Waals surface area contributed by atoms with Gasteiger partial charge in [0.05, 0.1) is 0 Å². The first-order valence-electron chi connectivity index (χ1n) is 4.34. The van der Waals surface area contributed by atoms with Crippen molar-refractivity contribution in [2.24, 2.45) is 0 Å². The van der Waals surface area contributed by atoms with Crippen molar-refractivity contribution in [3.05, 3.63) is 0 Å². The summed E-state index contributed by atoms with van der Waals surface area (Å²) in [7, 11) is 0. The average molecular weight is 392 g/mol. The van der Waals surface area contributed by atoms with Crippen LogP contribution in [0.25, 0.3) is 0 Å². The maximum absolute atomic E-state index is 9.00. The molecular weight excluding hydrogens is 377 g/mol. The number of rotatable bonds is 1. The van der Waals surface area contributed by atoms with Crippen LogP contribution in [0.5, 0.6) is 0 Å². The molecule has 1 rings (SSSR count). The Kier molecular flexibility index (Phi) is 6.85. The molecule has 0 unspecified atom stereocenters.